The maximum Gasteiger partial charge on any atom is 0.131 e. The maximum absolute atomic E-state index is 13.7. The van der Waals surface area contributed by atoms with Gasteiger partial charge in [-0.25, -0.2) is 4.39 Å². The highest BCUT2D eigenvalue weighted by atomic mass is 79.9. The molecule has 4 heteroatoms. The third kappa shape index (κ3) is 2.47. The van der Waals surface area contributed by atoms with Gasteiger partial charge in [-0.1, -0.05) is 43.5 Å². The number of rotatable bonds is 1. The molecule has 0 heterocycles. The van der Waals surface area contributed by atoms with Gasteiger partial charge in [-0.15, -0.1) is 0 Å². The number of hydrogen-bond donors (Lipinski definition) is 0. The second-order valence-electron chi connectivity index (χ2n) is 3.25. The van der Waals surface area contributed by atoms with Gasteiger partial charge in [0.2, 0.25) is 0 Å². The van der Waals surface area contributed by atoms with Gasteiger partial charge in [0.1, 0.15) is 5.82 Å². The molecule has 0 bridgehead atoms. The first-order valence-electron chi connectivity index (χ1n) is 4.48. The predicted molar refractivity (Wildman–Crippen MR) is 72.2 cm³/mol. The van der Waals surface area contributed by atoms with Crippen LogP contribution in [0.3, 0.4) is 0 Å². The van der Waals surface area contributed by atoms with Crippen LogP contribution in [0.15, 0.2) is 45.3 Å². The van der Waals surface area contributed by atoms with Crippen LogP contribution in [0.2, 0.25) is 5.02 Å². The van der Waals surface area contributed by atoms with E-state index in [-0.39, 0.29) is 5.82 Å². The van der Waals surface area contributed by atoms with Crippen LogP contribution in [0, 0.1) is 5.82 Å². The van der Waals surface area contributed by atoms with Crippen molar-refractivity contribution >= 4 is 43.5 Å². The fourth-order valence-corrected chi connectivity index (χ4v) is 2.35. The predicted octanol–water partition coefficient (Wildman–Crippen LogP) is 5.67. The quantitative estimate of drug-likeness (QED) is 0.611. The van der Waals surface area contributed by atoms with E-state index in [0.717, 1.165) is 8.95 Å². The van der Waals surface area contributed by atoms with Gasteiger partial charge in [0.15, 0.2) is 0 Å². The van der Waals surface area contributed by atoms with E-state index in [1.807, 2.05) is 6.07 Å². The summed E-state index contributed by atoms with van der Waals surface area (Å²) in [5.41, 5.74) is 1.16. The first-order chi connectivity index (χ1) is 7.58. The molecule has 0 spiro atoms. The Balaban J connectivity index is 2.66. The molecule has 2 rings (SSSR count). The molecule has 2 aromatic carbocycles. The van der Waals surface area contributed by atoms with Crippen molar-refractivity contribution in [3.05, 3.63) is 56.2 Å². The summed E-state index contributed by atoms with van der Waals surface area (Å²) >= 11 is 12.7. The monoisotopic (exact) mass is 362 g/mol. The molecule has 0 nitrogen and oxygen atoms in total. The molecule has 0 radical (unpaired) electrons. The molecule has 0 saturated carbocycles. The van der Waals surface area contributed by atoms with E-state index in [0.29, 0.717) is 16.1 Å². The Kier molecular flexibility index (Phi) is 3.67. The summed E-state index contributed by atoms with van der Waals surface area (Å²) in [4.78, 5) is 0. The Morgan fingerprint density at radius 3 is 2.12 bits per heavy atom. The molecule has 0 saturated heterocycles. The van der Waals surface area contributed by atoms with Crippen molar-refractivity contribution in [3.8, 4) is 11.1 Å². The lowest BCUT2D eigenvalue weighted by atomic mass is 10.1. The van der Waals surface area contributed by atoms with Gasteiger partial charge in [-0.05, 0) is 36.4 Å². The number of benzene rings is 2. The second kappa shape index (κ2) is 4.86. The molecule has 0 aliphatic heterocycles. The zero-order chi connectivity index (χ0) is 11.7. The van der Waals surface area contributed by atoms with Gasteiger partial charge in [0.25, 0.3) is 0 Å². The van der Waals surface area contributed by atoms with E-state index < -0.39 is 0 Å². The lowest BCUT2D eigenvalue weighted by molar-refractivity contribution is 0.631. The van der Waals surface area contributed by atoms with Crippen molar-refractivity contribution in [2.75, 3.05) is 0 Å². The van der Waals surface area contributed by atoms with E-state index in [1.54, 1.807) is 24.3 Å². The molecule has 0 atom stereocenters. The molecule has 2 aromatic rings. The lowest BCUT2D eigenvalue weighted by Crippen LogP contribution is -1.85. The summed E-state index contributed by atoms with van der Waals surface area (Å²) in [6, 6.07) is 10.1. The highest BCUT2D eigenvalue weighted by molar-refractivity contribution is 9.10. The van der Waals surface area contributed by atoms with Crippen LogP contribution >= 0.6 is 43.5 Å². The Morgan fingerprint density at radius 2 is 1.44 bits per heavy atom. The average Bonchev–Trinajstić information content (AvgIpc) is 2.25. The minimum Gasteiger partial charge on any atom is -0.206 e. The summed E-state index contributed by atoms with van der Waals surface area (Å²) in [6.07, 6.45) is 0. The highest BCUT2D eigenvalue weighted by Gasteiger charge is 2.09. The molecule has 82 valence electrons. The molecule has 0 amide bonds. The number of halogens is 4. The first-order valence-corrected chi connectivity index (χ1v) is 6.45. The zero-order valence-corrected chi connectivity index (χ0v) is 11.9. The fraction of sp³-hybridized carbons (Fsp3) is 0. The van der Waals surface area contributed by atoms with Gasteiger partial charge in [-0.3, -0.25) is 0 Å². The standard InChI is InChI=1S/C12H6Br2ClF/c13-7-1-3-11(15)9(5-7)10-6-8(14)2-4-12(10)16/h1-6H. The van der Waals surface area contributed by atoms with Gasteiger partial charge in [0, 0.05) is 25.1 Å². The largest absolute Gasteiger partial charge is 0.206 e. The molecule has 0 aliphatic carbocycles. The van der Waals surface area contributed by atoms with Crippen molar-refractivity contribution in [3.63, 3.8) is 0 Å². The van der Waals surface area contributed by atoms with Gasteiger partial charge in [0.05, 0.1) is 0 Å². The number of hydrogen-bond acceptors (Lipinski definition) is 0. The molecule has 0 N–H and O–H groups in total. The van der Waals surface area contributed by atoms with Crippen LogP contribution in [0.1, 0.15) is 0 Å². The lowest BCUT2D eigenvalue weighted by Gasteiger charge is -2.07. The van der Waals surface area contributed by atoms with Crippen molar-refractivity contribution < 1.29 is 4.39 Å². The van der Waals surface area contributed by atoms with Crippen LogP contribution in [-0.2, 0) is 0 Å². The molecule has 0 unspecified atom stereocenters. The van der Waals surface area contributed by atoms with Gasteiger partial charge < -0.3 is 0 Å². The van der Waals surface area contributed by atoms with Crippen molar-refractivity contribution in [2.45, 2.75) is 0 Å². The summed E-state index contributed by atoms with van der Waals surface area (Å²) in [5.74, 6) is -0.289. The molecule has 0 fully saturated rings. The molecule has 0 aromatic heterocycles. The van der Waals surface area contributed by atoms with Crippen molar-refractivity contribution in [1.82, 2.24) is 0 Å². The van der Waals surface area contributed by atoms with Crippen molar-refractivity contribution in [1.29, 1.82) is 0 Å². The Morgan fingerprint density at radius 1 is 0.875 bits per heavy atom. The second-order valence-corrected chi connectivity index (χ2v) is 5.49. The van der Waals surface area contributed by atoms with Crippen LogP contribution in [-0.4, -0.2) is 0 Å². The molecule has 16 heavy (non-hydrogen) atoms. The molecular formula is C12H6Br2ClF. The Labute approximate surface area is 115 Å². The third-order valence-corrected chi connectivity index (χ3v) is 3.46. The zero-order valence-electron chi connectivity index (χ0n) is 7.98. The summed E-state index contributed by atoms with van der Waals surface area (Å²) in [6.45, 7) is 0. The fourth-order valence-electron chi connectivity index (χ4n) is 1.41. The van der Waals surface area contributed by atoms with E-state index in [4.69, 9.17) is 11.6 Å². The van der Waals surface area contributed by atoms with Crippen LogP contribution in [0.25, 0.3) is 11.1 Å². The minimum absolute atomic E-state index is 0.289. The van der Waals surface area contributed by atoms with Crippen LogP contribution < -0.4 is 0 Å². The van der Waals surface area contributed by atoms with E-state index in [9.17, 15) is 4.39 Å². The van der Waals surface area contributed by atoms with E-state index >= 15 is 0 Å². The average molecular weight is 364 g/mol. The molecular weight excluding hydrogens is 358 g/mol. The van der Waals surface area contributed by atoms with Crippen LogP contribution in [0.4, 0.5) is 4.39 Å². The minimum atomic E-state index is -0.289. The Hall–Kier alpha value is -0.380. The summed E-state index contributed by atoms with van der Waals surface area (Å²) < 4.78 is 15.4. The van der Waals surface area contributed by atoms with E-state index in [1.165, 1.54) is 6.07 Å². The van der Waals surface area contributed by atoms with Gasteiger partial charge >= 0.3 is 0 Å². The first kappa shape index (κ1) is 12.1. The van der Waals surface area contributed by atoms with Crippen molar-refractivity contribution in [2.24, 2.45) is 0 Å². The van der Waals surface area contributed by atoms with Crippen LogP contribution in [0.5, 0.6) is 0 Å². The normalized spacial score (nSPS) is 10.5. The van der Waals surface area contributed by atoms with Gasteiger partial charge in [-0.2, -0.15) is 0 Å². The third-order valence-electron chi connectivity index (χ3n) is 2.15. The highest BCUT2D eigenvalue weighted by Crippen LogP contribution is 2.33. The summed E-state index contributed by atoms with van der Waals surface area (Å²) in [7, 11) is 0. The molecule has 0 aliphatic rings. The SMILES string of the molecule is Fc1ccc(Br)cc1-c1cc(Br)ccc1Cl. The smallest absolute Gasteiger partial charge is 0.131 e. The van der Waals surface area contributed by atoms with E-state index in [2.05, 4.69) is 31.9 Å². The summed E-state index contributed by atoms with van der Waals surface area (Å²) in [5, 5.41) is 0.528. The Bertz CT molecular complexity index is 491. The maximum atomic E-state index is 13.7. The topological polar surface area (TPSA) is 0 Å².